The highest BCUT2D eigenvalue weighted by Gasteiger charge is 2.65. The van der Waals surface area contributed by atoms with Gasteiger partial charge in [-0.1, -0.05) is 137 Å². The summed E-state index contributed by atoms with van der Waals surface area (Å²) < 4.78 is 21.7. The minimum atomic E-state index is -1.45. The third-order valence-corrected chi connectivity index (χ3v) is 16.3. The zero-order valence-corrected chi connectivity index (χ0v) is 45.7. The normalized spacial score (nSPS) is 20.9. The molecule has 0 unspecified atom stereocenters. The van der Waals surface area contributed by atoms with E-state index in [1.54, 1.807) is 18.2 Å². The van der Waals surface area contributed by atoms with Crippen LogP contribution in [0.5, 0.6) is 17.2 Å². The number of aliphatic hydroxyl groups excluding tert-OH is 2. The van der Waals surface area contributed by atoms with Crippen molar-refractivity contribution in [3.63, 3.8) is 0 Å². The van der Waals surface area contributed by atoms with Gasteiger partial charge in [0.1, 0.15) is 29.9 Å². The second-order valence-electron chi connectivity index (χ2n) is 21.6. The summed E-state index contributed by atoms with van der Waals surface area (Å²) in [6, 6.07) is 32.3. The van der Waals surface area contributed by atoms with E-state index in [4.69, 9.17) is 24.2 Å². The van der Waals surface area contributed by atoms with E-state index in [-0.39, 0.29) is 68.7 Å². The molecule has 5 aromatic carbocycles. The smallest absolute Gasteiger partial charge is 0.269 e. The molecular weight excluding hydrogens is 967 g/mol. The molecule has 6 atom stereocenters. The molecule has 77 heavy (non-hydrogen) atoms. The van der Waals surface area contributed by atoms with Gasteiger partial charge in [-0.2, -0.15) is 0 Å². The van der Waals surface area contributed by atoms with Crippen LogP contribution in [0.2, 0.25) is 0 Å². The molecule has 1 aliphatic heterocycles. The Labute approximate surface area is 456 Å². The van der Waals surface area contributed by atoms with Crippen LogP contribution in [0.3, 0.4) is 0 Å². The van der Waals surface area contributed by atoms with Crippen LogP contribution in [0.1, 0.15) is 150 Å². The van der Waals surface area contributed by atoms with E-state index in [1.807, 2.05) is 35.2 Å². The zero-order valence-electron chi connectivity index (χ0n) is 45.7. The summed E-state index contributed by atoms with van der Waals surface area (Å²) in [5.41, 5.74) is 6.59. The number of unbranched alkanes of at least 4 members (excludes halogenated alkanes) is 10. The Kier molecular flexibility index (Phi) is 20.5. The van der Waals surface area contributed by atoms with Crippen LogP contribution in [0.15, 0.2) is 133 Å². The van der Waals surface area contributed by atoms with E-state index < -0.39 is 22.7 Å². The molecule has 8 rings (SSSR count). The summed E-state index contributed by atoms with van der Waals surface area (Å²) in [4.78, 5) is 35.2. The molecular formula is C65H81N3O9. The monoisotopic (exact) mass is 1050 g/mol. The first kappa shape index (κ1) is 56.9. The molecule has 410 valence electrons. The molecule has 0 spiro atoms. The lowest BCUT2D eigenvalue weighted by atomic mass is 9.55. The maximum atomic E-state index is 15.7. The van der Waals surface area contributed by atoms with Gasteiger partial charge in [0.25, 0.3) is 5.69 Å². The van der Waals surface area contributed by atoms with Crippen molar-refractivity contribution in [2.24, 2.45) is 22.9 Å². The first-order valence-electron chi connectivity index (χ1n) is 28.5. The molecule has 2 aliphatic carbocycles. The van der Waals surface area contributed by atoms with E-state index in [0.717, 1.165) is 95.7 Å². The first-order valence-corrected chi connectivity index (χ1v) is 28.5. The molecule has 2 N–H and O–H groups in total. The number of benzene rings is 5. The molecule has 0 bridgehead atoms. The number of allylic oxidation sites excluding steroid dienone is 1. The quantitative estimate of drug-likeness (QED) is 0.0198. The maximum absolute atomic E-state index is 15.7. The predicted octanol–water partition coefficient (Wildman–Crippen LogP) is 14.9. The van der Waals surface area contributed by atoms with Crippen LogP contribution in [0.4, 0.5) is 5.69 Å². The Morgan fingerprint density at radius 1 is 0.831 bits per heavy atom. The van der Waals surface area contributed by atoms with Gasteiger partial charge >= 0.3 is 0 Å². The Hall–Kier alpha value is -6.34. The molecule has 0 saturated heterocycles. The van der Waals surface area contributed by atoms with Crippen molar-refractivity contribution >= 4 is 28.1 Å². The molecule has 0 aromatic heterocycles. The molecule has 1 amide bonds. The van der Waals surface area contributed by atoms with Gasteiger partial charge in [0.15, 0.2) is 0 Å². The van der Waals surface area contributed by atoms with Crippen LogP contribution in [-0.4, -0.2) is 63.3 Å². The molecule has 12 nitrogen and oxygen atoms in total. The van der Waals surface area contributed by atoms with Crippen LogP contribution in [0.25, 0.3) is 10.8 Å². The van der Waals surface area contributed by atoms with Gasteiger partial charge in [0.2, 0.25) is 11.7 Å². The lowest BCUT2D eigenvalue weighted by Gasteiger charge is -2.60. The number of rotatable bonds is 30. The van der Waals surface area contributed by atoms with Crippen molar-refractivity contribution in [2.45, 2.75) is 161 Å². The number of nitrogens with zero attached hydrogens (tertiary/aromatic N) is 3. The zero-order chi connectivity index (χ0) is 54.2. The highest BCUT2D eigenvalue weighted by molar-refractivity contribution is 6.03. The van der Waals surface area contributed by atoms with Gasteiger partial charge in [-0.25, -0.2) is 0 Å². The van der Waals surface area contributed by atoms with Gasteiger partial charge in [0, 0.05) is 56.2 Å². The summed E-state index contributed by atoms with van der Waals surface area (Å²) in [6.45, 7) is 11.2. The third-order valence-electron chi connectivity index (χ3n) is 16.3. The summed E-state index contributed by atoms with van der Waals surface area (Å²) in [6.07, 6.45) is 19.3. The number of carbonyl (C=O) groups excluding carboxylic acids is 1. The van der Waals surface area contributed by atoms with E-state index in [1.165, 1.54) is 49.8 Å². The minimum Gasteiger partial charge on any atom is -0.459 e. The predicted molar refractivity (Wildman–Crippen MR) is 305 cm³/mol. The number of oxime groups is 1. The fourth-order valence-corrected chi connectivity index (χ4v) is 12.2. The summed E-state index contributed by atoms with van der Waals surface area (Å²) in [5, 5.41) is 39.1. The van der Waals surface area contributed by atoms with Crippen molar-refractivity contribution in [3.05, 3.63) is 165 Å². The average Bonchev–Trinajstić information content (AvgIpc) is 3.63. The van der Waals surface area contributed by atoms with E-state index in [0.29, 0.717) is 36.5 Å². The Morgan fingerprint density at radius 2 is 1.53 bits per heavy atom. The number of nitro benzene ring substituents is 1. The lowest BCUT2D eigenvalue weighted by molar-refractivity contribution is -0.384. The second-order valence-corrected chi connectivity index (χ2v) is 21.6. The number of non-ortho nitro benzene ring substituents is 1. The second kappa shape index (κ2) is 27.8. The summed E-state index contributed by atoms with van der Waals surface area (Å²) in [7, 11) is 0. The highest BCUT2D eigenvalue weighted by Crippen LogP contribution is 2.62. The number of aryl methyl sites for hydroxylation is 2. The van der Waals surface area contributed by atoms with Gasteiger partial charge in [-0.05, 0) is 139 Å². The highest BCUT2D eigenvalue weighted by atomic mass is 16.7. The first-order chi connectivity index (χ1) is 37.6. The molecule has 1 fully saturated rings. The fourth-order valence-electron chi connectivity index (χ4n) is 12.2. The average molecular weight is 1050 g/mol. The van der Waals surface area contributed by atoms with Crippen LogP contribution in [-0.2, 0) is 27.5 Å². The lowest BCUT2D eigenvalue weighted by Crippen LogP contribution is -2.70. The van der Waals surface area contributed by atoms with Crippen molar-refractivity contribution in [2.75, 3.05) is 19.8 Å². The number of ether oxygens (including phenoxy) is 3. The van der Waals surface area contributed by atoms with Crippen LogP contribution in [0, 0.1) is 41.7 Å². The van der Waals surface area contributed by atoms with E-state index in [9.17, 15) is 20.3 Å². The number of nitro groups is 1. The number of aliphatic hydroxyl groups is 2. The number of fused-ring (bicyclic) bond motifs is 3. The largest absolute Gasteiger partial charge is 0.459 e. The number of hydrogen-bond acceptors (Lipinski definition) is 10. The van der Waals surface area contributed by atoms with Crippen molar-refractivity contribution in [1.82, 2.24) is 4.90 Å². The van der Waals surface area contributed by atoms with Crippen molar-refractivity contribution in [1.29, 1.82) is 0 Å². The van der Waals surface area contributed by atoms with Gasteiger partial charge in [-0.3, -0.25) is 14.9 Å². The summed E-state index contributed by atoms with van der Waals surface area (Å²) >= 11 is 0. The minimum absolute atomic E-state index is 0.00584. The van der Waals surface area contributed by atoms with Gasteiger partial charge < -0.3 is 34.2 Å². The van der Waals surface area contributed by atoms with E-state index >= 15 is 4.79 Å². The van der Waals surface area contributed by atoms with Crippen LogP contribution < -0.4 is 9.47 Å². The Morgan fingerprint density at radius 3 is 2.26 bits per heavy atom. The Bertz CT molecular complexity index is 2820. The third kappa shape index (κ3) is 13.9. The van der Waals surface area contributed by atoms with Gasteiger partial charge in [0.05, 0.1) is 23.2 Å². The van der Waals surface area contributed by atoms with E-state index in [2.05, 4.69) is 82.0 Å². The molecule has 5 aromatic rings. The topological polar surface area (TPSA) is 153 Å². The Balaban J connectivity index is 1.30. The fraction of sp³-hybridized carbons (Fsp3) is 0.477. The SMILES string of the molecule is C=CCO[C@@]12Oc3ccc(Oc4ccc(C)c(C)c4)cc3[C@H]3[C@H](CCCCO)[C@@H](CCCCO)C=C(C(=NOCc4ccc([N+](=O)[O-])cc4)C[C@@H]1N(Cc1cccc4ccccc14)C(=O)CCCCCCCCCCC)[C@H]32. The molecule has 1 saturated carbocycles. The van der Waals surface area contributed by atoms with Crippen molar-refractivity contribution in [3.8, 4) is 17.2 Å². The van der Waals surface area contributed by atoms with Gasteiger partial charge in [-0.15, -0.1) is 6.58 Å². The number of hydrogen-bond donors (Lipinski definition) is 2. The standard InChI is InChI=1S/C65H81N3O9/c1-5-7-8-9-10-11-12-13-14-28-62(71)67(44-51-25-21-24-49-22-15-16-26-55(49)51)61-43-59(66-75-45-48-30-32-52(33-31-48)68(72)73)57-41-50(23-17-19-37-69)56(27-18-20-38-70)63-58-42-54(76-53-34-29-46(3)47(4)40-53)35-36-60(58)77-65(61,64(57)63)74-39-6-2/h6,15-16,21-22,24-26,29-36,40-42,50,56,61,63-64,69-70H,2,5,7-14,17-20,23,27-28,37-39,43-45H2,1,3-4H3/t50-,56+,61-,63+,64+,65+/m0/s1. The van der Waals surface area contributed by atoms with Crippen LogP contribution >= 0.6 is 0 Å². The number of carbonyl (C=O) groups is 1. The molecule has 3 aliphatic rings. The van der Waals surface area contributed by atoms with Crippen molar-refractivity contribution < 1.29 is 39.0 Å². The summed E-state index contributed by atoms with van der Waals surface area (Å²) in [5.74, 6) is -0.117. The molecule has 12 heteroatoms. The maximum Gasteiger partial charge on any atom is 0.269 e. The number of amides is 1. The molecule has 0 radical (unpaired) electrons. The molecule has 1 heterocycles.